The molecule has 1 heterocycles. The Labute approximate surface area is 86.9 Å². The number of halogens is 1. The molecular formula is C6H7IN2O2S. The number of rotatable bonds is 3. The van der Waals surface area contributed by atoms with Crippen molar-refractivity contribution in [1.29, 1.82) is 0 Å². The van der Waals surface area contributed by atoms with Gasteiger partial charge in [-0.2, -0.15) is 0 Å². The van der Waals surface area contributed by atoms with Crippen molar-refractivity contribution in [2.24, 2.45) is 5.73 Å². The van der Waals surface area contributed by atoms with Crippen LogP contribution in [0.25, 0.3) is 0 Å². The molecule has 66 valence electrons. The highest BCUT2D eigenvalue weighted by atomic mass is 127. The molecule has 1 rings (SSSR count). The maximum absolute atomic E-state index is 10.4. The molecular weight excluding hydrogens is 291 g/mol. The molecule has 0 radical (unpaired) electrons. The predicted molar refractivity (Wildman–Crippen MR) is 54.1 cm³/mol. The minimum absolute atomic E-state index is 0.357. The zero-order chi connectivity index (χ0) is 9.14. The Hall–Kier alpha value is -0.210. The fourth-order valence-corrected chi connectivity index (χ4v) is 2.36. The van der Waals surface area contributed by atoms with Crippen molar-refractivity contribution >= 4 is 39.9 Å². The number of carboxylic acid groups (broad SMARTS) is 1. The smallest absolute Gasteiger partial charge is 0.320 e. The van der Waals surface area contributed by atoms with Crippen molar-refractivity contribution in [2.45, 2.75) is 12.5 Å². The summed E-state index contributed by atoms with van der Waals surface area (Å²) in [5.74, 6) is -0.974. The third-order valence-electron chi connectivity index (χ3n) is 1.26. The predicted octanol–water partition coefficient (Wildman–Crippen LogP) is 0.702. The summed E-state index contributed by atoms with van der Waals surface area (Å²) in [6.45, 7) is 0. The molecule has 1 aromatic rings. The minimum Gasteiger partial charge on any atom is -0.480 e. The Bertz CT molecular complexity index is 289. The van der Waals surface area contributed by atoms with Crippen LogP contribution in [0.4, 0.5) is 0 Å². The Morgan fingerprint density at radius 2 is 2.58 bits per heavy atom. The van der Waals surface area contributed by atoms with E-state index in [0.29, 0.717) is 6.42 Å². The first-order chi connectivity index (χ1) is 5.59. The zero-order valence-electron chi connectivity index (χ0n) is 6.03. The summed E-state index contributed by atoms with van der Waals surface area (Å²) in [7, 11) is 0. The topological polar surface area (TPSA) is 76.2 Å². The van der Waals surface area contributed by atoms with Crippen LogP contribution < -0.4 is 5.73 Å². The summed E-state index contributed by atoms with van der Waals surface area (Å²) < 4.78 is 0.903. The molecule has 4 nitrogen and oxygen atoms in total. The summed E-state index contributed by atoms with van der Waals surface area (Å²) in [6, 6.07) is -0.818. The van der Waals surface area contributed by atoms with Gasteiger partial charge >= 0.3 is 5.97 Å². The van der Waals surface area contributed by atoms with Gasteiger partial charge in [-0.1, -0.05) is 0 Å². The van der Waals surface area contributed by atoms with E-state index >= 15 is 0 Å². The van der Waals surface area contributed by atoms with E-state index in [4.69, 9.17) is 10.8 Å². The van der Waals surface area contributed by atoms with Gasteiger partial charge in [0.1, 0.15) is 6.04 Å². The standard InChI is InChI=1S/C6H7IN2O2S/c7-6-9-2-3(12-6)1-4(8)5(10)11/h2,4H,1,8H2,(H,10,11). The first-order valence-corrected chi connectivity index (χ1v) is 5.07. The van der Waals surface area contributed by atoms with E-state index in [-0.39, 0.29) is 0 Å². The Morgan fingerprint density at radius 1 is 1.92 bits per heavy atom. The summed E-state index contributed by atoms with van der Waals surface area (Å²) >= 11 is 3.55. The van der Waals surface area contributed by atoms with Gasteiger partial charge in [-0.25, -0.2) is 4.98 Å². The third-order valence-corrected chi connectivity index (χ3v) is 3.01. The number of thiazole rings is 1. The van der Waals surface area contributed by atoms with Gasteiger partial charge in [0.25, 0.3) is 0 Å². The number of aromatic nitrogens is 1. The number of carboxylic acids is 1. The number of carbonyl (C=O) groups is 1. The Kier molecular flexibility index (Phi) is 3.41. The summed E-state index contributed by atoms with van der Waals surface area (Å²) in [5.41, 5.74) is 5.33. The number of nitrogens with two attached hydrogens (primary N) is 1. The molecule has 0 aromatic carbocycles. The average molecular weight is 298 g/mol. The second-order valence-corrected chi connectivity index (χ2v) is 5.10. The molecule has 0 aliphatic carbocycles. The molecule has 0 amide bonds. The lowest BCUT2D eigenvalue weighted by Gasteiger charge is -2.01. The number of nitrogens with zero attached hydrogens (tertiary/aromatic N) is 1. The van der Waals surface area contributed by atoms with Gasteiger partial charge in [0.15, 0.2) is 3.01 Å². The first-order valence-electron chi connectivity index (χ1n) is 3.18. The van der Waals surface area contributed by atoms with Crippen molar-refractivity contribution in [3.63, 3.8) is 0 Å². The highest BCUT2D eigenvalue weighted by Gasteiger charge is 2.13. The van der Waals surface area contributed by atoms with Gasteiger partial charge in [0.2, 0.25) is 0 Å². The van der Waals surface area contributed by atoms with E-state index in [0.717, 1.165) is 7.89 Å². The maximum Gasteiger partial charge on any atom is 0.320 e. The van der Waals surface area contributed by atoms with Crippen LogP contribution in [0.5, 0.6) is 0 Å². The molecule has 3 N–H and O–H groups in total. The van der Waals surface area contributed by atoms with E-state index in [2.05, 4.69) is 27.6 Å². The summed E-state index contributed by atoms with van der Waals surface area (Å²) in [5, 5.41) is 8.51. The van der Waals surface area contributed by atoms with Gasteiger partial charge < -0.3 is 10.8 Å². The van der Waals surface area contributed by atoms with E-state index in [1.807, 2.05) is 0 Å². The monoisotopic (exact) mass is 298 g/mol. The van der Waals surface area contributed by atoms with Crippen molar-refractivity contribution in [3.8, 4) is 0 Å². The molecule has 1 aromatic heterocycles. The average Bonchev–Trinajstić information content (AvgIpc) is 2.35. The summed E-state index contributed by atoms with van der Waals surface area (Å²) in [4.78, 5) is 15.3. The molecule has 1 atom stereocenters. The van der Waals surface area contributed by atoms with Crippen LogP contribution in [-0.4, -0.2) is 22.1 Å². The fourth-order valence-electron chi connectivity index (χ4n) is 0.682. The first kappa shape index (κ1) is 9.87. The van der Waals surface area contributed by atoms with E-state index in [1.165, 1.54) is 11.3 Å². The van der Waals surface area contributed by atoms with Crippen LogP contribution in [0.1, 0.15) is 4.88 Å². The zero-order valence-corrected chi connectivity index (χ0v) is 9.00. The largest absolute Gasteiger partial charge is 0.480 e. The van der Waals surface area contributed by atoms with Crippen molar-refractivity contribution in [3.05, 3.63) is 14.1 Å². The van der Waals surface area contributed by atoms with Crippen molar-refractivity contribution in [1.82, 2.24) is 4.98 Å². The van der Waals surface area contributed by atoms with Crippen molar-refractivity contribution < 1.29 is 9.90 Å². The van der Waals surface area contributed by atoms with Gasteiger partial charge in [0.05, 0.1) is 0 Å². The van der Waals surface area contributed by atoms with Crippen LogP contribution in [0, 0.1) is 3.01 Å². The third kappa shape index (κ3) is 2.68. The van der Waals surface area contributed by atoms with Crippen molar-refractivity contribution in [2.75, 3.05) is 0 Å². The second-order valence-electron chi connectivity index (χ2n) is 2.23. The van der Waals surface area contributed by atoms with Crippen LogP contribution in [0.2, 0.25) is 0 Å². The molecule has 0 saturated carbocycles. The lowest BCUT2D eigenvalue weighted by atomic mass is 10.2. The van der Waals surface area contributed by atoms with Crippen LogP contribution >= 0.6 is 33.9 Å². The molecule has 1 unspecified atom stereocenters. The highest BCUT2D eigenvalue weighted by Crippen LogP contribution is 2.15. The molecule has 0 aliphatic heterocycles. The van der Waals surface area contributed by atoms with E-state index in [1.54, 1.807) is 6.20 Å². The minimum atomic E-state index is -0.974. The summed E-state index contributed by atoms with van der Waals surface area (Å²) in [6.07, 6.45) is 2.02. The molecule has 12 heavy (non-hydrogen) atoms. The molecule has 0 saturated heterocycles. The lowest BCUT2D eigenvalue weighted by Crippen LogP contribution is -2.31. The number of hydrogen-bond donors (Lipinski definition) is 2. The molecule has 0 bridgehead atoms. The lowest BCUT2D eigenvalue weighted by molar-refractivity contribution is -0.138. The SMILES string of the molecule is NC(Cc1cnc(I)s1)C(=O)O. The normalized spacial score (nSPS) is 12.8. The molecule has 0 aliphatic rings. The number of hydrogen-bond acceptors (Lipinski definition) is 4. The van der Waals surface area contributed by atoms with Gasteiger partial charge in [-0.15, -0.1) is 11.3 Å². The van der Waals surface area contributed by atoms with E-state index in [9.17, 15) is 4.79 Å². The molecule has 0 fully saturated rings. The van der Waals surface area contributed by atoms with Gasteiger partial charge in [0, 0.05) is 17.5 Å². The maximum atomic E-state index is 10.4. The molecule has 0 spiro atoms. The van der Waals surface area contributed by atoms with E-state index < -0.39 is 12.0 Å². The Balaban J connectivity index is 2.58. The molecule has 6 heteroatoms. The second kappa shape index (κ2) is 4.15. The van der Waals surface area contributed by atoms with Gasteiger partial charge in [-0.3, -0.25) is 4.79 Å². The quantitative estimate of drug-likeness (QED) is 0.806. The van der Waals surface area contributed by atoms with Crippen LogP contribution in [-0.2, 0) is 11.2 Å². The van der Waals surface area contributed by atoms with Gasteiger partial charge in [-0.05, 0) is 22.6 Å². The highest BCUT2D eigenvalue weighted by molar-refractivity contribution is 14.1. The van der Waals surface area contributed by atoms with Crippen LogP contribution in [0.15, 0.2) is 6.20 Å². The van der Waals surface area contributed by atoms with Crippen LogP contribution in [0.3, 0.4) is 0 Å². The fraction of sp³-hybridized carbons (Fsp3) is 0.333. The Morgan fingerprint density at radius 3 is 3.00 bits per heavy atom. The number of aliphatic carboxylic acids is 1.